The smallest absolute Gasteiger partial charge is 0.284 e. The molecule has 0 aliphatic rings. The SMILES string of the molecule is COc1ccc(Br)cc1S(=O)(=O)NNC(=O)c1cncn1-c1ccccc1. The van der Waals surface area contributed by atoms with Crippen molar-refractivity contribution in [3.8, 4) is 11.4 Å². The molecule has 0 unspecified atom stereocenters. The van der Waals surface area contributed by atoms with Gasteiger partial charge in [0.15, 0.2) is 0 Å². The quantitative estimate of drug-likeness (QED) is 0.560. The number of halogens is 1. The van der Waals surface area contributed by atoms with Crippen LogP contribution in [0, 0.1) is 0 Å². The van der Waals surface area contributed by atoms with Crippen LogP contribution in [0.2, 0.25) is 0 Å². The summed E-state index contributed by atoms with van der Waals surface area (Å²) in [6.45, 7) is 0. The molecule has 3 aromatic rings. The minimum atomic E-state index is -4.06. The van der Waals surface area contributed by atoms with Gasteiger partial charge in [0.1, 0.15) is 16.3 Å². The maximum Gasteiger partial charge on any atom is 0.284 e. The van der Waals surface area contributed by atoms with E-state index in [1.54, 1.807) is 22.8 Å². The normalized spacial score (nSPS) is 11.2. The number of hydrogen-bond acceptors (Lipinski definition) is 5. The Bertz CT molecular complexity index is 1070. The molecule has 0 spiro atoms. The van der Waals surface area contributed by atoms with Crippen LogP contribution in [0.3, 0.4) is 0 Å². The average molecular weight is 451 g/mol. The van der Waals surface area contributed by atoms with E-state index in [9.17, 15) is 13.2 Å². The third-order valence-corrected chi connectivity index (χ3v) is 5.38. The van der Waals surface area contributed by atoms with Crippen molar-refractivity contribution in [3.05, 3.63) is 71.2 Å². The van der Waals surface area contributed by atoms with Crippen LogP contribution in [0.25, 0.3) is 5.69 Å². The van der Waals surface area contributed by atoms with E-state index >= 15 is 0 Å². The van der Waals surface area contributed by atoms with E-state index in [1.807, 2.05) is 18.2 Å². The average Bonchev–Trinajstić information content (AvgIpc) is 3.17. The number of hydrazine groups is 1. The van der Waals surface area contributed by atoms with Crippen LogP contribution >= 0.6 is 15.9 Å². The highest BCUT2D eigenvalue weighted by atomic mass is 79.9. The van der Waals surface area contributed by atoms with Crippen LogP contribution in [0.1, 0.15) is 10.5 Å². The molecule has 2 N–H and O–H groups in total. The van der Waals surface area contributed by atoms with Gasteiger partial charge < -0.3 is 4.74 Å². The lowest BCUT2D eigenvalue weighted by Gasteiger charge is -2.12. The van der Waals surface area contributed by atoms with Crippen LogP contribution < -0.4 is 15.0 Å². The van der Waals surface area contributed by atoms with Crippen LogP contribution in [0.5, 0.6) is 5.75 Å². The number of imidazole rings is 1. The monoisotopic (exact) mass is 450 g/mol. The number of carbonyl (C=O) groups excluding carboxylic acids is 1. The molecule has 0 aliphatic carbocycles. The highest BCUT2D eigenvalue weighted by Crippen LogP contribution is 2.26. The zero-order valence-electron chi connectivity index (χ0n) is 14.1. The molecule has 0 radical (unpaired) electrons. The van der Waals surface area contributed by atoms with Gasteiger partial charge in [-0.3, -0.25) is 14.8 Å². The van der Waals surface area contributed by atoms with Gasteiger partial charge in [-0.25, -0.2) is 13.4 Å². The lowest BCUT2D eigenvalue weighted by atomic mass is 10.3. The summed E-state index contributed by atoms with van der Waals surface area (Å²) in [6.07, 6.45) is 2.81. The molecule has 3 rings (SSSR count). The Balaban J connectivity index is 1.81. The lowest BCUT2D eigenvalue weighted by molar-refractivity contribution is 0.0938. The second kappa shape index (κ2) is 7.91. The number of hydrogen-bond donors (Lipinski definition) is 2. The van der Waals surface area contributed by atoms with Crippen molar-refractivity contribution in [3.63, 3.8) is 0 Å². The first kappa shape index (κ1) is 19.1. The number of para-hydroxylation sites is 1. The molecule has 140 valence electrons. The van der Waals surface area contributed by atoms with E-state index in [4.69, 9.17) is 4.74 Å². The Labute approximate surface area is 164 Å². The first-order chi connectivity index (χ1) is 12.9. The zero-order chi connectivity index (χ0) is 19.4. The fraction of sp³-hybridized carbons (Fsp3) is 0.0588. The molecule has 10 heteroatoms. The van der Waals surface area contributed by atoms with Gasteiger partial charge in [0, 0.05) is 10.2 Å². The van der Waals surface area contributed by atoms with E-state index in [1.165, 1.54) is 31.8 Å². The van der Waals surface area contributed by atoms with Gasteiger partial charge in [0.05, 0.1) is 19.6 Å². The predicted molar refractivity (Wildman–Crippen MR) is 102 cm³/mol. The van der Waals surface area contributed by atoms with Gasteiger partial charge in [0.25, 0.3) is 15.9 Å². The maximum atomic E-state index is 12.5. The number of ether oxygens (including phenoxy) is 1. The van der Waals surface area contributed by atoms with Crippen LogP contribution in [0.15, 0.2) is 70.4 Å². The van der Waals surface area contributed by atoms with Gasteiger partial charge in [0.2, 0.25) is 0 Å². The van der Waals surface area contributed by atoms with E-state index < -0.39 is 15.9 Å². The molecular weight excluding hydrogens is 436 g/mol. The van der Waals surface area contributed by atoms with Crippen molar-refractivity contribution >= 4 is 31.9 Å². The van der Waals surface area contributed by atoms with Crippen molar-refractivity contribution in [2.45, 2.75) is 4.90 Å². The first-order valence-electron chi connectivity index (χ1n) is 7.66. The minimum absolute atomic E-state index is 0.115. The lowest BCUT2D eigenvalue weighted by Crippen LogP contribution is -2.42. The van der Waals surface area contributed by atoms with Gasteiger partial charge in [-0.2, -0.15) is 0 Å². The number of rotatable bonds is 6. The first-order valence-corrected chi connectivity index (χ1v) is 9.93. The molecule has 0 bridgehead atoms. The van der Waals surface area contributed by atoms with Crippen LogP contribution in [0.4, 0.5) is 0 Å². The van der Waals surface area contributed by atoms with Crippen molar-refractivity contribution in [2.24, 2.45) is 0 Å². The molecule has 0 fully saturated rings. The van der Waals surface area contributed by atoms with Crippen LogP contribution in [-0.2, 0) is 10.0 Å². The van der Waals surface area contributed by atoms with Gasteiger partial charge in [-0.15, -0.1) is 4.83 Å². The minimum Gasteiger partial charge on any atom is -0.495 e. The summed E-state index contributed by atoms with van der Waals surface area (Å²) in [7, 11) is -2.70. The van der Waals surface area contributed by atoms with Crippen molar-refractivity contribution < 1.29 is 17.9 Å². The number of sulfonamides is 1. The Hall–Kier alpha value is -2.69. The third kappa shape index (κ3) is 4.18. The van der Waals surface area contributed by atoms with E-state index in [-0.39, 0.29) is 16.3 Å². The molecule has 8 nitrogen and oxygen atoms in total. The molecule has 1 heterocycles. The number of nitrogens with one attached hydrogen (secondary N) is 2. The summed E-state index contributed by atoms with van der Waals surface area (Å²) in [5, 5.41) is 0. The molecule has 0 saturated carbocycles. The largest absolute Gasteiger partial charge is 0.495 e. The van der Waals surface area contributed by atoms with Gasteiger partial charge in [-0.1, -0.05) is 34.1 Å². The highest BCUT2D eigenvalue weighted by molar-refractivity contribution is 9.10. The van der Waals surface area contributed by atoms with Gasteiger partial charge in [-0.05, 0) is 30.3 Å². The van der Waals surface area contributed by atoms with Crippen LogP contribution in [-0.4, -0.2) is 31.0 Å². The summed E-state index contributed by atoms with van der Waals surface area (Å²) < 4.78 is 32.3. The second-order valence-corrected chi connectivity index (χ2v) is 7.91. The molecule has 1 aromatic heterocycles. The molecule has 0 aliphatic heterocycles. The standard InChI is InChI=1S/C17H15BrN4O4S/c1-26-15-8-7-12(18)9-16(15)27(24,25)21-20-17(23)14-10-19-11-22(14)13-5-3-2-4-6-13/h2-11,21H,1H3,(H,20,23). The number of methoxy groups -OCH3 is 1. The molecule has 0 saturated heterocycles. The predicted octanol–water partition coefficient (Wildman–Crippen LogP) is 2.27. The van der Waals surface area contributed by atoms with Crippen molar-refractivity contribution in [1.29, 1.82) is 0 Å². The number of aromatic nitrogens is 2. The van der Waals surface area contributed by atoms with E-state index in [0.717, 1.165) is 5.69 Å². The van der Waals surface area contributed by atoms with E-state index in [2.05, 4.69) is 31.2 Å². The number of amides is 1. The molecule has 1 amide bonds. The maximum absolute atomic E-state index is 12.5. The Morgan fingerprint density at radius 1 is 1.19 bits per heavy atom. The molecule has 0 atom stereocenters. The number of nitrogens with zero attached hydrogens (tertiary/aromatic N) is 2. The Morgan fingerprint density at radius 2 is 1.93 bits per heavy atom. The summed E-state index contributed by atoms with van der Waals surface area (Å²) >= 11 is 3.22. The van der Waals surface area contributed by atoms with Gasteiger partial charge >= 0.3 is 0 Å². The van der Waals surface area contributed by atoms with E-state index in [0.29, 0.717) is 4.47 Å². The summed E-state index contributed by atoms with van der Waals surface area (Å²) in [4.78, 5) is 18.4. The Kier molecular flexibility index (Phi) is 5.59. The fourth-order valence-corrected chi connectivity index (χ4v) is 3.90. The zero-order valence-corrected chi connectivity index (χ0v) is 16.5. The summed E-state index contributed by atoms with van der Waals surface area (Å²) in [5.41, 5.74) is 3.09. The topological polar surface area (TPSA) is 102 Å². The third-order valence-electron chi connectivity index (χ3n) is 3.62. The fourth-order valence-electron chi connectivity index (χ4n) is 2.35. The second-order valence-electron chi connectivity index (χ2n) is 5.34. The van der Waals surface area contributed by atoms with Crippen molar-refractivity contribution in [2.75, 3.05) is 7.11 Å². The summed E-state index contributed by atoms with van der Waals surface area (Å²) in [5.74, 6) is -0.511. The van der Waals surface area contributed by atoms with Crippen molar-refractivity contribution in [1.82, 2.24) is 19.8 Å². The summed E-state index contributed by atoms with van der Waals surface area (Å²) in [6, 6.07) is 13.6. The molecule has 27 heavy (non-hydrogen) atoms. The highest BCUT2D eigenvalue weighted by Gasteiger charge is 2.22. The molecule has 2 aromatic carbocycles. The Morgan fingerprint density at radius 3 is 2.63 bits per heavy atom. The molecular formula is C17H15BrN4O4S. The number of benzene rings is 2. The number of carbonyl (C=O) groups is 1.